The van der Waals surface area contributed by atoms with Crippen LogP contribution in [-0.2, 0) is 14.3 Å². The molecule has 0 aromatic heterocycles. The Kier molecular flexibility index (Phi) is 4.99. The van der Waals surface area contributed by atoms with Crippen LogP contribution in [-0.4, -0.2) is 49.8 Å². The first-order valence-corrected chi connectivity index (χ1v) is 8.54. The third kappa shape index (κ3) is 3.13. The Labute approximate surface area is 133 Å². The molecule has 3 rings (SSSR count). The molecule has 2 heterocycles. The molecule has 0 saturated carbocycles. The summed E-state index contributed by atoms with van der Waals surface area (Å²) < 4.78 is 11.8. The summed E-state index contributed by atoms with van der Waals surface area (Å²) in [6.07, 6.45) is 10.3. The molecule has 0 bridgehead atoms. The number of hydrogen-bond acceptors (Lipinski definition) is 3. The van der Waals surface area contributed by atoms with Crippen LogP contribution in [0.25, 0.3) is 0 Å². The van der Waals surface area contributed by atoms with Gasteiger partial charge in [0.25, 0.3) is 0 Å². The van der Waals surface area contributed by atoms with E-state index in [0.717, 1.165) is 63.8 Å². The van der Waals surface area contributed by atoms with Crippen molar-refractivity contribution in [3.05, 3.63) is 24.3 Å². The molecule has 2 aliphatic heterocycles. The van der Waals surface area contributed by atoms with Crippen molar-refractivity contribution in [1.82, 2.24) is 4.90 Å². The van der Waals surface area contributed by atoms with E-state index in [-0.39, 0.29) is 17.4 Å². The van der Waals surface area contributed by atoms with Crippen LogP contribution < -0.4 is 0 Å². The Morgan fingerprint density at radius 3 is 3.23 bits per heavy atom. The van der Waals surface area contributed by atoms with Gasteiger partial charge in [-0.15, -0.1) is 6.58 Å². The SMILES string of the molecule is C=CCOCC12CCCOC1CCN(C(=O)C1=CCCC1)C2. The lowest BCUT2D eigenvalue weighted by atomic mass is 9.73. The molecular formula is C18H27NO3. The Morgan fingerprint density at radius 1 is 1.55 bits per heavy atom. The van der Waals surface area contributed by atoms with E-state index in [9.17, 15) is 4.79 Å². The number of fused-ring (bicyclic) bond motifs is 1. The molecule has 2 saturated heterocycles. The number of allylic oxidation sites excluding steroid dienone is 1. The van der Waals surface area contributed by atoms with Gasteiger partial charge < -0.3 is 14.4 Å². The summed E-state index contributed by atoms with van der Waals surface area (Å²) in [5, 5.41) is 0. The lowest BCUT2D eigenvalue weighted by Crippen LogP contribution is -2.58. The Hall–Kier alpha value is -1.13. The highest BCUT2D eigenvalue weighted by Crippen LogP contribution is 2.41. The number of rotatable bonds is 5. The quantitative estimate of drug-likeness (QED) is 0.579. The highest BCUT2D eigenvalue weighted by atomic mass is 16.5. The molecule has 0 spiro atoms. The first-order chi connectivity index (χ1) is 10.7. The molecule has 2 atom stereocenters. The van der Waals surface area contributed by atoms with Crippen LogP contribution >= 0.6 is 0 Å². The average molecular weight is 305 g/mol. The van der Waals surface area contributed by atoms with Gasteiger partial charge in [-0.2, -0.15) is 0 Å². The second-order valence-electron chi connectivity index (χ2n) is 6.77. The maximum absolute atomic E-state index is 12.7. The van der Waals surface area contributed by atoms with E-state index in [1.54, 1.807) is 6.08 Å². The van der Waals surface area contributed by atoms with E-state index >= 15 is 0 Å². The van der Waals surface area contributed by atoms with Gasteiger partial charge in [0.1, 0.15) is 0 Å². The van der Waals surface area contributed by atoms with Crippen molar-refractivity contribution in [1.29, 1.82) is 0 Å². The van der Waals surface area contributed by atoms with E-state index in [2.05, 4.69) is 12.7 Å². The number of ether oxygens (including phenoxy) is 2. The number of carbonyl (C=O) groups is 1. The maximum Gasteiger partial charge on any atom is 0.249 e. The third-order valence-corrected chi connectivity index (χ3v) is 5.22. The number of piperidine rings is 1. The van der Waals surface area contributed by atoms with Gasteiger partial charge in [0.05, 0.1) is 19.3 Å². The first kappa shape index (κ1) is 15.8. The Bertz CT molecular complexity index is 459. The highest BCUT2D eigenvalue weighted by Gasteiger charge is 2.47. The topological polar surface area (TPSA) is 38.8 Å². The summed E-state index contributed by atoms with van der Waals surface area (Å²) in [4.78, 5) is 14.7. The second kappa shape index (κ2) is 6.97. The van der Waals surface area contributed by atoms with Crippen molar-refractivity contribution in [3.63, 3.8) is 0 Å². The lowest BCUT2D eigenvalue weighted by molar-refractivity contribution is -0.161. The number of carbonyl (C=O) groups excluding carboxylic acids is 1. The van der Waals surface area contributed by atoms with Crippen LogP contribution in [0.15, 0.2) is 24.3 Å². The van der Waals surface area contributed by atoms with E-state index in [1.807, 2.05) is 4.90 Å². The predicted octanol–water partition coefficient (Wildman–Crippen LogP) is 2.70. The van der Waals surface area contributed by atoms with E-state index in [4.69, 9.17) is 9.47 Å². The van der Waals surface area contributed by atoms with Crippen LogP contribution in [0.3, 0.4) is 0 Å². The zero-order chi connectivity index (χ0) is 15.4. The van der Waals surface area contributed by atoms with E-state index in [1.165, 1.54) is 0 Å². The number of hydrogen-bond donors (Lipinski definition) is 0. The maximum atomic E-state index is 12.7. The molecule has 4 nitrogen and oxygen atoms in total. The molecule has 0 N–H and O–H groups in total. The molecule has 0 aromatic rings. The summed E-state index contributed by atoms with van der Waals surface area (Å²) in [6, 6.07) is 0. The average Bonchev–Trinajstić information content (AvgIpc) is 3.08. The molecule has 2 unspecified atom stereocenters. The van der Waals surface area contributed by atoms with Crippen molar-refractivity contribution < 1.29 is 14.3 Å². The van der Waals surface area contributed by atoms with Gasteiger partial charge in [0.15, 0.2) is 0 Å². The fraction of sp³-hybridized carbons (Fsp3) is 0.722. The zero-order valence-electron chi connectivity index (χ0n) is 13.4. The van der Waals surface area contributed by atoms with Crippen LogP contribution in [0.2, 0.25) is 0 Å². The Morgan fingerprint density at radius 2 is 2.45 bits per heavy atom. The van der Waals surface area contributed by atoms with Gasteiger partial charge in [-0.05, 0) is 38.5 Å². The van der Waals surface area contributed by atoms with Crippen molar-refractivity contribution in [2.75, 3.05) is 32.9 Å². The minimum atomic E-state index is -0.0334. The summed E-state index contributed by atoms with van der Waals surface area (Å²) in [6.45, 7) is 7.35. The molecule has 1 amide bonds. The Balaban J connectivity index is 1.70. The van der Waals surface area contributed by atoms with Crippen LogP contribution in [0.5, 0.6) is 0 Å². The van der Waals surface area contributed by atoms with Crippen LogP contribution in [0, 0.1) is 5.41 Å². The lowest BCUT2D eigenvalue weighted by Gasteiger charge is -2.50. The van der Waals surface area contributed by atoms with E-state index in [0.29, 0.717) is 13.2 Å². The molecular weight excluding hydrogens is 278 g/mol. The normalized spacial score (nSPS) is 31.5. The highest BCUT2D eigenvalue weighted by molar-refractivity contribution is 5.93. The molecule has 1 aliphatic carbocycles. The van der Waals surface area contributed by atoms with Crippen molar-refractivity contribution in [3.8, 4) is 0 Å². The van der Waals surface area contributed by atoms with Crippen LogP contribution in [0.1, 0.15) is 38.5 Å². The molecule has 122 valence electrons. The molecule has 2 fully saturated rings. The molecule has 3 aliphatic rings. The smallest absolute Gasteiger partial charge is 0.249 e. The third-order valence-electron chi connectivity index (χ3n) is 5.22. The summed E-state index contributed by atoms with van der Waals surface area (Å²) in [7, 11) is 0. The second-order valence-corrected chi connectivity index (χ2v) is 6.77. The summed E-state index contributed by atoms with van der Waals surface area (Å²) in [5.74, 6) is 0.240. The fourth-order valence-corrected chi connectivity index (χ4v) is 4.09. The number of amides is 1. The van der Waals surface area contributed by atoms with Gasteiger partial charge >= 0.3 is 0 Å². The number of likely N-dealkylation sites (tertiary alicyclic amines) is 1. The largest absolute Gasteiger partial charge is 0.377 e. The van der Waals surface area contributed by atoms with Gasteiger partial charge in [-0.1, -0.05) is 12.2 Å². The molecule has 4 heteroatoms. The minimum Gasteiger partial charge on any atom is -0.377 e. The number of nitrogens with zero attached hydrogens (tertiary/aromatic N) is 1. The van der Waals surface area contributed by atoms with Gasteiger partial charge in [0.2, 0.25) is 5.91 Å². The van der Waals surface area contributed by atoms with Gasteiger partial charge in [0, 0.05) is 30.7 Å². The minimum absolute atomic E-state index is 0.0334. The van der Waals surface area contributed by atoms with Crippen molar-refractivity contribution >= 4 is 5.91 Å². The standard InChI is InChI=1S/C18H27NO3/c1-2-11-21-14-18-9-5-12-22-16(18)8-10-19(13-18)17(20)15-6-3-4-7-15/h2,6,16H,1,3-5,7-14H2. The first-order valence-electron chi connectivity index (χ1n) is 8.54. The molecule has 0 aromatic carbocycles. The van der Waals surface area contributed by atoms with Gasteiger partial charge in [-0.25, -0.2) is 0 Å². The molecule has 0 radical (unpaired) electrons. The predicted molar refractivity (Wildman–Crippen MR) is 85.6 cm³/mol. The molecule has 22 heavy (non-hydrogen) atoms. The van der Waals surface area contributed by atoms with Crippen molar-refractivity contribution in [2.45, 2.75) is 44.6 Å². The van der Waals surface area contributed by atoms with E-state index < -0.39 is 0 Å². The summed E-state index contributed by atoms with van der Waals surface area (Å²) in [5.41, 5.74) is 0.978. The van der Waals surface area contributed by atoms with Crippen molar-refractivity contribution in [2.24, 2.45) is 5.41 Å². The fourth-order valence-electron chi connectivity index (χ4n) is 4.09. The van der Waals surface area contributed by atoms with Gasteiger partial charge in [-0.3, -0.25) is 4.79 Å². The van der Waals surface area contributed by atoms with Crippen LogP contribution in [0.4, 0.5) is 0 Å². The summed E-state index contributed by atoms with van der Waals surface area (Å²) >= 11 is 0. The monoisotopic (exact) mass is 305 g/mol. The zero-order valence-corrected chi connectivity index (χ0v) is 13.4.